The molecular weight excluding hydrogens is 189 g/mol. The third kappa shape index (κ3) is 3.07. The van der Waals surface area contributed by atoms with Gasteiger partial charge in [-0.2, -0.15) is 0 Å². The number of hydrogen-bond donors (Lipinski definition) is 1. The maximum absolute atomic E-state index is 12.9. The highest BCUT2D eigenvalue weighted by Gasteiger charge is 2.10. The van der Waals surface area contributed by atoms with Gasteiger partial charge in [0.1, 0.15) is 5.82 Å². The van der Waals surface area contributed by atoms with Crippen LogP contribution in [0.2, 0.25) is 0 Å². The van der Waals surface area contributed by atoms with E-state index in [0.29, 0.717) is 0 Å². The van der Waals surface area contributed by atoms with Crippen LogP contribution < -0.4 is 5.32 Å². The van der Waals surface area contributed by atoms with Crippen LogP contribution in [0.1, 0.15) is 30.5 Å². The lowest BCUT2D eigenvalue weighted by Crippen LogP contribution is -2.16. The molecular formula is C13H16FN. The van der Waals surface area contributed by atoms with Crippen molar-refractivity contribution in [2.45, 2.75) is 26.3 Å². The van der Waals surface area contributed by atoms with Crippen LogP contribution in [0.5, 0.6) is 0 Å². The fourth-order valence-electron chi connectivity index (χ4n) is 1.60. The summed E-state index contributed by atoms with van der Waals surface area (Å²) in [5.41, 5.74) is 2.08. The number of rotatable bonds is 3. The Bertz CT molecular complexity index is 387. The quantitative estimate of drug-likeness (QED) is 0.748. The lowest BCUT2D eigenvalue weighted by Gasteiger charge is -2.16. The summed E-state index contributed by atoms with van der Waals surface area (Å²) < 4.78 is 12.9. The van der Waals surface area contributed by atoms with E-state index in [9.17, 15) is 4.39 Å². The van der Waals surface area contributed by atoms with E-state index >= 15 is 0 Å². The van der Waals surface area contributed by atoms with Crippen molar-refractivity contribution in [3.8, 4) is 11.8 Å². The summed E-state index contributed by atoms with van der Waals surface area (Å²) in [5.74, 6) is 5.72. The molecule has 0 heterocycles. The van der Waals surface area contributed by atoms with Gasteiger partial charge in [-0.1, -0.05) is 6.07 Å². The molecule has 0 aliphatic heterocycles. The first-order valence-corrected chi connectivity index (χ1v) is 5.02. The van der Waals surface area contributed by atoms with Gasteiger partial charge in [-0.05, 0) is 44.2 Å². The number of hydrogen-bond acceptors (Lipinski definition) is 1. The smallest absolute Gasteiger partial charge is 0.123 e. The Morgan fingerprint density at radius 1 is 1.47 bits per heavy atom. The molecule has 1 aromatic carbocycles. The summed E-state index contributed by atoms with van der Waals surface area (Å²) in [6, 6.07) is 5.05. The lowest BCUT2D eigenvalue weighted by atomic mass is 9.99. The van der Waals surface area contributed by atoms with Crippen molar-refractivity contribution in [2.75, 3.05) is 7.05 Å². The van der Waals surface area contributed by atoms with Gasteiger partial charge in [0, 0.05) is 12.5 Å². The number of aryl methyl sites for hydroxylation is 1. The van der Waals surface area contributed by atoms with E-state index in [-0.39, 0.29) is 11.9 Å². The fraction of sp³-hybridized carbons (Fsp3) is 0.385. The average Bonchev–Trinajstić information content (AvgIpc) is 2.21. The van der Waals surface area contributed by atoms with Gasteiger partial charge in [-0.25, -0.2) is 4.39 Å². The molecule has 1 atom stereocenters. The molecule has 1 N–H and O–H groups in total. The number of benzene rings is 1. The zero-order valence-corrected chi connectivity index (χ0v) is 9.39. The van der Waals surface area contributed by atoms with E-state index in [0.717, 1.165) is 17.5 Å². The summed E-state index contributed by atoms with van der Waals surface area (Å²) in [4.78, 5) is 0. The predicted molar refractivity (Wildman–Crippen MR) is 61.0 cm³/mol. The van der Waals surface area contributed by atoms with Crippen molar-refractivity contribution >= 4 is 0 Å². The molecule has 0 aliphatic rings. The van der Waals surface area contributed by atoms with Gasteiger partial charge in [0.2, 0.25) is 0 Å². The Labute approximate surface area is 90.7 Å². The van der Waals surface area contributed by atoms with Crippen molar-refractivity contribution in [3.05, 3.63) is 35.1 Å². The van der Waals surface area contributed by atoms with E-state index in [1.54, 1.807) is 6.07 Å². The largest absolute Gasteiger partial charge is 0.312 e. The normalized spacial score (nSPS) is 11.7. The van der Waals surface area contributed by atoms with Gasteiger partial charge in [0.05, 0.1) is 0 Å². The van der Waals surface area contributed by atoms with Gasteiger partial charge in [-0.3, -0.25) is 0 Å². The van der Waals surface area contributed by atoms with E-state index in [1.807, 2.05) is 27.0 Å². The van der Waals surface area contributed by atoms with Crippen LogP contribution in [0.25, 0.3) is 0 Å². The maximum atomic E-state index is 12.9. The fourth-order valence-corrected chi connectivity index (χ4v) is 1.60. The Balaban J connectivity index is 2.94. The minimum atomic E-state index is -0.187. The first kappa shape index (κ1) is 11.7. The summed E-state index contributed by atoms with van der Waals surface area (Å²) in [7, 11) is 1.89. The molecule has 0 spiro atoms. The molecule has 1 rings (SSSR count). The molecule has 2 heteroatoms. The van der Waals surface area contributed by atoms with E-state index < -0.39 is 0 Å². The zero-order chi connectivity index (χ0) is 11.3. The Morgan fingerprint density at radius 2 is 2.20 bits per heavy atom. The number of nitrogens with one attached hydrogen (secondary N) is 1. The van der Waals surface area contributed by atoms with Gasteiger partial charge in [0.25, 0.3) is 0 Å². The summed E-state index contributed by atoms with van der Waals surface area (Å²) in [6.07, 6.45) is 0.749. The van der Waals surface area contributed by atoms with Crippen LogP contribution in [0, 0.1) is 24.6 Å². The summed E-state index contributed by atoms with van der Waals surface area (Å²) in [6.45, 7) is 3.74. The monoisotopic (exact) mass is 205 g/mol. The molecule has 0 radical (unpaired) electrons. The lowest BCUT2D eigenvalue weighted by molar-refractivity contribution is 0.596. The van der Waals surface area contributed by atoms with E-state index in [4.69, 9.17) is 0 Å². The molecule has 0 fully saturated rings. The number of halogens is 1. The van der Waals surface area contributed by atoms with Gasteiger partial charge in [-0.15, -0.1) is 11.8 Å². The third-order valence-corrected chi connectivity index (χ3v) is 2.44. The van der Waals surface area contributed by atoms with Crippen molar-refractivity contribution in [1.82, 2.24) is 5.32 Å². The second-order valence-electron chi connectivity index (χ2n) is 3.47. The first-order valence-electron chi connectivity index (χ1n) is 5.02. The highest BCUT2D eigenvalue weighted by molar-refractivity contribution is 5.30. The molecule has 1 nitrogen and oxygen atoms in total. The average molecular weight is 205 g/mol. The Hall–Kier alpha value is -1.33. The third-order valence-electron chi connectivity index (χ3n) is 2.44. The van der Waals surface area contributed by atoms with Crippen LogP contribution >= 0.6 is 0 Å². The molecule has 0 aliphatic carbocycles. The summed E-state index contributed by atoms with van der Waals surface area (Å²) in [5, 5.41) is 3.19. The zero-order valence-electron chi connectivity index (χ0n) is 9.39. The highest BCUT2D eigenvalue weighted by atomic mass is 19.1. The minimum Gasteiger partial charge on any atom is -0.312 e. The van der Waals surface area contributed by atoms with Crippen LogP contribution in [0.4, 0.5) is 4.39 Å². The second-order valence-corrected chi connectivity index (χ2v) is 3.47. The molecule has 0 bridgehead atoms. The maximum Gasteiger partial charge on any atom is 0.123 e. The Kier molecular flexibility index (Phi) is 4.33. The molecule has 0 amide bonds. The first-order chi connectivity index (χ1) is 7.19. The summed E-state index contributed by atoms with van der Waals surface area (Å²) >= 11 is 0. The molecule has 0 saturated carbocycles. The van der Waals surface area contributed by atoms with Crippen LogP contribution in [0.15, 0.2) is 18.2 Å². The molecule has 0 saturated heterocycles. The van der Waals surface area contributed by atoms with Gasteiger partial charge >= 0.3 is 0 Å². The van der Waals surface area contributed by atoms with Crippen LogP contribution in [0.3, 0.4) is 0 Å². The molecule has 1 unspecified atom stereocenters. The van der Waals surface area contributed by atoms with Crippen LogP contribution in [-0.4, -0.2) is 7.05 Å². The SMILES string of the molecule is CC#CCC(NC)c1ccc(F)cc1C. The highest BCUT2D eigenvalue weighted by Crippen LogP contribution is 2.20. The van der Waals surface area contributed by atoms with Crippen molar-refractivity contribution in [1.29, 1.82) is 0 Å². The van der Waals surface area contributed by atoms with Crippen LogP contribution in [-0.2, 0) is 0 Å². The second kappa shape index (κ2) is 5.53. The standard InChI is InChI=1S/C13H16FN/c1-4-5-6-13(15-3)12-8-7-11(14)9-10(12)2/h7-9,13,15H,6H2,1-3H3. The Morgan fingerprint density at radius 3 is 2.73 bits per heavy atom. The predicted octanol–water partition coefficient (Wildman–Crippen LogP) is 2.81. The van der Waals surface area contributed by atoms with E-state index in [2.05, 4.69) is 17.2 Å². The van der Waals surface area contributed by atoms with Crippen molar-refractivity contribution in [3.63, 3.8) is 0 Å². The topological polar surface area (TPSA) is 12.0 Å². The van der Waals surface area contributed by atoms with Gasteiger partial charge < -0.3 is 5.32 Å². The molecule has 0 aromatic heterocycles. The van der Waals surface area contributed by atoms with Crippen molar-refractivity contribution in [2.24, 2.45) is 0 Å². The molecule has 15 heavy (non-hydrogen) atoms. The van der Waals surface area contributed by atoms with E-state index in [1.165, 1.54) is 6.07 Å². The molecule has 80 valence electrons. The van der Waals surface area contributed by atoms with Crippen molar-refractivity contribution < 1.29 is 4.39 Å². The van der Waals surface area contributed by atoms with Gasteiger partial charge in [0.15, 0.2) is 0 Å². The molecule has 1 aromatic rings. The minimum absolute atomic E-state index is 0.179.